The molecule has 2 aromatic rings. The smallest absolute Gasteiger partial charge is 0.279 e. The van der Waals surface area contributed by atoms with Crippen LogP contribution in [0.4, 0.5) is 24.5 Å². The van der Waals surface area contributed by atoms with Crippen molar-refractivity contribution in [2.24, 2.45) is 0 Å². The summed E-state index contributed by atoms with van der Waals surface area (Å²) in [7, 11) is -7.79. The molecule has 0 saturated carbocycles. The first kappa shape index (κ1) is 21.4. The normalized spacial score (nSPS) is 17.2. The minimum absolute atomic E-state index is 0.0158. The highest BCUT2D eigenvalue weighted by molar-refractivity contribution is 7.93. The van der Waals surface area contributed by atoms with E-state index >= 15 is 0 Å². The van der Waals surface area contributed by atoms with Crippen molar-refractivity contribution in [3.05, 3.63) is 53.6 Å². The Hall–Kier alpha value is -2.27. The van der Waals surface area contributed by atoms with Crippen LogP contribution < -0.4 is 9.03 Å². The van der Waals surface area contributed by atoms with Crippen molar-refractivity contribution < 1.29 is 30.0 Å². The van der Waals surface area contributed by atoms with E-state index in [4.69, 9.17) is 0 Å². The Kier molecular flexibility index (Phi) is 5.56. The van der Waals surface area contributed by atoms with Gasteiger partial charge in [-0.3, -0.25) is 9.03 Å². The lowest BCUT2D eigenvalue weighted by Crippen LogP contribution is -2.37. The molecule has 0 atom stereocenters. The highest BCUT2D eigenvalue weighted by atomic mass is 32.2. The zero-order valence-electron chi connectivity index (χ0n) is 15.4. The molecule has 1 N–H and O–H groups in total. The summed E-state index contributed by atoms with van der Waals surface area (Å²) in [5.74, 6) is 0.0158. The third-order valence-corrected chi connectivity index (χ3v) is 7.96. The first-order chi connectivity index (χ1) is 13.4. The maximum atomic E-state index is 13.1. The number of alkyl halides is 3. The molecule has 1 aliphatic rings. The molecule has 1 aliphatic heterocycles. The second kappa shape index (κ2) is 7.52. The van der Waals surface area contributed by atoms with Crippen LogP contribution >= 0.6 is 0 Å². The van der Waals surface area contributed by atoms with Gasteiger partial charge >= 0.3 is 6.18 Å². The monoisotopic (exact) mass is 448 g/mol. The van der Waals surface area contributed by atoms with Crippen molar-refractivity contribution in [2.75, 3.05) is 21.3 Å². The number of sulfonamides is 2. The van der Waals surface area contributed by atoms with Crippen LogP contribution in [-0.4, -0.2) is 29.1 Å². The fourth-order valence-corrected chi connectivity index (χ4v) is 6.13. The highest BCUT2D eigenvalue weighted by Crippen LogP contribution is 2.36. The predicted molar refractivity (Wildman–Crippen MR) is 104 cm³/mol. The summed E-state index contributed by atoms with van der Waals surface area (Å²) in [5.41, 5.74) is -1.13. The van der Waals surface area contributed by atoms with Gasteiger partial charge in [0.1, 0.15) is 0 Å². The van der Waals surface area contributed by atoms with Crippen molar-refractivity contribution >= 4 is 31.4 Å². The van der Waals surface area contributed by atoms with Crippen LogP contribution in [0.5, 0.6) is 0 Å². The first-order valence-corrected chi connectivity index (χ1v) is 11.8. The van der Waals surface area contributed by atoms with Gasteiger partial charge in [-0.25, -0.2) is 16.8 Å². The van der Waals surface area contributed by atoms with Crippen LogP contribution in [0.25, 0.3) is 0 Å². The van der Waals surface area contributed by atoms with E-state index < -0.39 is 37.5 Å². The molecule has 6 nitrogen and oxygen atoms in total. The third-order valence-electron chi connectivity index (χ3n) is 4.56. The Bertz CT molecular complexity index is 1130. The van der Waals surface area contributed by atoms with E-state index in [1.165, 1.54) is 41.6 Å². The number of rotatable bonds is 4. The number of nitrogens with zero attached hydrogens (tertiary/aromatic N) is 1. The van der Waals surface area contributed by atoms with Gasteiger partial charge in [0.15, 0.2) is 0 Å². The maximum Gasteiger partial charge on any atom is 0.418 e. The number of benzene rings is 2. The molecule has 158 valence electrons. The van der Waals surface area contributed by atoms with Crippen molar-refractivity contribution in [3.63, 3.8) is 0 Å². The maximum absolute atomic E-state index is 13.1. The van der Waals surface area contributed by atoms with Gasteiger partial charge in [-0.05, 0) is 55.7 Å². The number of hydrogen-bond acceptors (Lipinski definition) is 4. The Labute approximate surface area is 167 Å². The fraction of sp³-hybridized carbons (Fsp3) is 0.333. The van der Waals surface area contributed by atoms with Crippen LogP contribution in [0, 0.1) is 6.92 Å². The molecule has 0 spiro atoms. The fourth-order valence-electron chi connectivity index (χ4n) is 3.19. The molecule has 1 saturated heterocycles. The lowest BCUT2D eigenvalue weighted by molar-refractivity contribution is -0.136. The van der Waals surface area contributed by atoms with E-state index in [-0.39, 0.29) is 16.2 Å². The van der Waals surface area contributed by atoms with E-state index in [0.29, 0.717) is 25.1 Å². The molecule has 1 heterocycles. The number of hydrogen-bond donors (Lipinski definition) is 1. The molecule has 0 unspecified atom stereocenters. The van der Waals surface area contributed by atoms with Crippen molar-refractivity contribution in [1.82, 2.24) is 0 Å². The number of aryl methyl sites for hydroxylation is 1. The van der Waals surface area contributed by atoms with Gasteiger partial charge in [-0.1, -0.05) is 12.1 Å². The van der Waals surface area contributed by atoms with Gasteiger partial charge in [0.25, 0.3) is 10.0 Å². The van der Waals surface area contributed by atoms with Crippen LogP contribution in [0.15, 0.2) is 47.4 Å². The Morgan fingerprint density at radius 3 is 2.38 bits per heavy atom. The average Bonchev–Trinajstić information content (AvgIpc) is 2.60. The number of para-hydroxylation sites is 1. The zero-order chi connectivity index (χ0) is 21.4. The molecular weight excluding hydrogens is 429 g/mol. The van der Waals surface area contributed by atoms with Gasteiger partial charge in [-0.15, -0.1) is 0 Å². The molecule has 2 aromatic carbocycles. The molecular formula is C18H19F3N2O4S2. The van der Waals surface area contributed by atoms with Crippen LogP contribution in [0.3, 0.4) is 0 Å². The van der Waals surface area contributed by atoms with Gasteiger partial charge < -0.3 is 0 Å². The van der Waals surface area contributed by atoms with Gasteiger partial charge in [-0.2, -0.15) is 13.2 Å². The van der Waals surface area contributed by atoms with E-state index in [0.717, 1.165) is 12.1 Å². The van der Waals surface area contributed by atoms with Crippen molar-refractivity contribution in [2.45, 2.75) is 30.8 Å². The SMILES string of the molecule is Cc1cc(N2CCCCS2(=O)=O)ccc1S(=O)(=O)Nc1ccccc1C(F)(F)F. The minimum Gasteiger partial charge on any atom is -0.279 e. The van der Waals surface area contributed by atoms with E-state index in [1.54, 1.807) is 0 Å². The van der Waals surface area contributed by atoms with Crippen LogP contribution in [-0.2, 0) is 26.2 Å². The highest BCUT2D eigenvalue weighted by Gasteiger charge is 2.34. The zero-order valence-corrected chi connectivity index (χ0v) is 17.0. The second-order valence-electron chi connectivity index (χ2n) is 6.69. The number of nitrogens with one attached hydrogen (secondary N) is 1. The van der Waals surface area contributed by atoms with E-state index in [1.807, 2.05) is 4.72 Å². The summed E-state index contributed by atoms with van der Waals surface area (Å²) >= 11 is 0. The Balaban J connectivity index is 1.95. The molecule has 1 fully saturated rings. The molecule has 0 amide bonds. The van der Waals surface area contributed by atoms with E-state index in [2.05, 4.69) is 0 Å². The summed E-state index contributed by atoms with van der Waals surface area (Å²) in [6, 6.07) is 8.24. The Morgan fingerprint density at radius 2 is 1.76 bits per heavy atom. The van der Waals surface area contributed by atoms with Crippen LogP contribution in [0.1, 0.15) is 24.0 Å². The third kappa shape index (κ3) is 4.50. The largest absolute Gasteiger partial charge is 0.418 e. The first-order valence-electron chi connectivity index (χ1n) is 8.72. The molecule has 0 aliphatic carbocycles. The molecule has 0 radical (unpaired) electrons. The van der Waals surface area contributed by atoms with Gasteiger partial charge in [0.05, 0.1) is 27.6 Å². The summed E-state index contributed by atoms with van der Waals surface area (Å²) in [5, 5.41) is 0. The average molecular weight is 448 g/mol. The van der Waals surface area contributed by atoms with Crippen LogP contribution in [0.2, 0.25) is 0 Å². The quantitative estimate of drug-likeness (QED) is 0.772. The summed E-state index contributed by atoms with van der Waals surface area (Å²) in [6.45, 7) is 1.76. The Morgan fingerprint density at radius 1 is 1.07 bits per heavy atom. The van der Waals surface area contributed by atoms with Crippen molar-refractivity contribution in [3.8, 4) is 0 Å². The summed E-state index contributed by atoms with van der Waals surface area (Å²) < 4.78 is 92.5. The molecule has 3 rings (SSSR count). The number of anilines is 2. The standard InChI is InChI=1S/C18H19F3N2O4S2/c1-13-12-14(23-10-4-5-11-28(23,24)25)8-9-17(13)29(26,27)22-16-7-3-2-6-15(16)18(19,20)21/h2-3,6-9,12,22H,4-5,10-11H2,1H3. The second-order valence-corrected chi connectivity index (χ2v) is 10.4. The lowest BCUT2D eigenvalue weighted by Gasteiger charge is -2.28. The summed E-state index contributed by atoms with van der Waals surface area (Å²) in [6.07, 6.45) is -3.47. The van der Waals surface area contributed by atoms with Gasteiger partial charge in [0, 0.05) is 6.54 Å². The topological polar surface area (TPSA) is 83.6 Å². The van der Waals surface area contributed by atoms with Gasteiger partial charge in [0.2, 0.25) is 10.0 Å². The van der Waals surface area contributed by atoms with Crippen molar-refractivity contribution in [1.29, 1.82) is 0 Å². The molecule has 11 heteroatoms. The molecule has 0 aromatic heterocycles. The number of halogens is 3. The molecule has 0 bridgehead atoms. The summed E-state index contributed by atoms with van der Waals surface area (Å²) in [4.78, 5) is -0.229. The van der Waals surface area contributed by atoms with E-state index in [9.17, 15) is 30.0 Å². The lowest BCUT2D eigenvalue weighted by atomic mass is 10.2. The minimum atomic E-state index is -4.72. The predicted octanol–water partition coefficient (Wildman–Crippen LogP) is 3.74. The molecule has 29 heavy (non-hydrogen) atoms.